The first kappa shape index (κ1) is 16.6. The molecule has 0 saturated carbocycles. The SMILES string of the molecule is O=C(COc1ccc(Cl)cc1)N1CCCN(CCBr)CC1. The molecular weight excluding hydrogens is 356 g/mol. The van der Waals surface area contributed by atoms with Gasteiger partial charge in [-0.2, -0.15) is 0 Å². The average molecular weight is 376 g/mol. The Kier molecular flexibility index (Phi) is 6.80. The highest BCUT2D eigenvalue weighted by atomic mass is 79.9. The van der Waals surface area contributed by atoms with Crippen LogP contribution in [-0.2, 0) is 4.79 Å². The summed E-state index contributed by atoms with van der Waals surface area (Å²) in [6.45, 7) is 4.67. The zero-order valence-corrected chi connectivity index (χ0v) is 14.3. The van der Waals surface area contributed by atoms with Gasteiger partial charge in [-0.1, -0.05) is 27.5 Å². The molecule has 1 aromatic rings. The van der Waals surface area contributed by atoms with Crippen LogP contribution in [0.1, 0.15) is 6.42 Å². The van der Waals surface area contributed by atoms with E-state index in [4.69, 9.17) is 16.3 Å². The van der Waals surface area contributed by atoms with Crippen LogP contribution in [-0.4, -0.2) is 60.4 Å². The quantitative estimate of drug-likeness (QED) is 0.742. The van der Waals surface area contributed by atoms with Crippen LogP contribution in [0.25, 0.3) is 0 Å². The highest BCUT2D eigenvalue weighted by Gasteiger charge is 2.19. The predicted molar refractivity (Wildman–Crippen MR) is 88.4 cm³/mol. The molecule has 0 aliphatic carbocycles. The Morgan fingerprint density at radius 2 is 1.95 bits per heavy atom. The number of carbonyl (C=O) groups is 1. The number of benzene rings is 1. The van der Waals surface area contributed by atoms with Gasteiger partial charge in [0.05, 0.1) is 0 Å². The Bertz CT molecular complexity index is 455. The van der Waals surface area contributed by atoms with Crippen molar-refractivity contribution in [2.24, 2.45) is 0 Å². The van der Waals surface area contributed by atoms with Crippen LogP contribution in [0.3, 0.4) is 0 Å². The molecule has 1 fully saturated rings. The summed E-state index contributed by atoms with van der Waals surface area (Å²) in [7, 11) is 0. The summed E-state index contributed by atoms with van der Waals surface area (Å²) >= 11 is 9.27. The fourth-order valence-electron chi connectivity index (χ4n) is 2.33. The summed E-state index contributed by atoms with van der Waals surface area (Å²) in [4.78, 5) is 16.5. The van der Waals surface area contributed by atoms with Gasteiger partial charge in [-0.25, -0.2) is 0 Å². The van der Waals surface area contributed by atoms with Crippen LogP contribution in [0.2, 0.25) is 5.02 Å². The molecule has 2 rings (SSSR count). The van der Waals surface area contributed by atoms with Crippen molar-refractivity contribution in [3.63, 3.8) is 0 Å². The molecule has 1 aliphatic heterocycles. The monoisotopic (exact) mass is 374 g/mol. The predicted octanol–water partition coefficient (Wildman–Crippen LogP) is 2.65. The zero-order valence-electron chi connectivity index (χ0n) is 11.9. The van der Waals surface area contributed by atoms with E-state index in [1.54, 1.807) is 24.3 Å². The van der Waals surface area contributed by atoms with Crippen molar-refractivity contribution in [1.29, 1.82) is 0 Å². The van der Waals surface area contributed by atoms with Crippen LogP contribution in [0, 0.1) is 0 Å². The van der Waals surface area contributed by atoms with Gasteiger partial charge >= 0.3 is 0 Å². The first-order valence-electron chi connectivity index (χ1n) is 7.13. The van der Waals surface area contributed by atoms with Gasteiger partial charge in [0.15, 0.2) is 6.61 Å². The highest BCUT2D eigenvalue weighted by molar-refractivity contribution is 9.09. The lowest BCUT2D eigenvalue weighted by Gasteiger charge is -2.21. The number of alkyl halides is 1. The van der Waals surface area contributed by atoms with E-state index >= 15 is 0 Å². The minimum Gasteiger partial charge on any atom is -0.484 e. The lowest BCUT2D eigenvalue weighted by Crippen LogP contribution is -2.38. The Balaban J connectivity index is 1.79. The Labute approximate surface area is 139 Å². The van der Waals surface area contributed by atoms with Gasteiger partial charge < -0.3 is 14.5 Å². The number of ether oxygens (including phenoxy) is 1. The molecule has 0 aromatic heterocycles. The average Bonchev–Trinajstić information content (AvgIpc) is 2.72. The van der Waals surface area contributed by atoms with E-state index in [-0.39, 0.29) is 12.5 Å². The molecule has 1 amide bonds. The van der Waals surface area contributed by atoms with Crippen LogP contribution >= 0.6 is 27.5 Å². The van der Waals surface area contributed by atoms with E-state index in [1.165, 1.54) is 0 Å². The summed E-state index contributed by atoms with van der Waals surface area (Å²) in [5.74, 6) is 0.717. The van der Waals surface area contributed by atoms with Gasteiger partial charge in [-0.3, -0.25) is 4.79 Å². The van der Waals surface area contributed by atoms with E-state index in [1.807, 2.05) is 4.90 Å². The smallest absolute Gasteiger partial charge is 0.260 e. The normalized spacial score (nSPS) is 16.6. The summed E-state index contributed by atoms with van der Waals surface area (Å²) < 4.78 is 5.52. The largest absolute Gasteiger partial charge is 0.484 e. The molecule has 1 aliphatic rings. The third-order valence-electron chi connectivity index (χ3n) is 3.52. The maximum atomic E-state index is 12.2. The molecule has 0 N–H and O–H groups in total. The summed E-state index contributed by atoms with van der Waals surface area (Å²) in [6.07, 6.45) is 1.01. The van der Waals surface area contributed by atoms with Crippen molar-refractivity contribution in [1.82, 2.24) is 9.80 Å². The van der Waals surface area contributed by atoms with Crippen molar-refractivity contribution in [3.05, 3.63) is 29.3 Å². The molecule has 1 aromatic carbocycles. The second kappa shape index (κ2) is 8.61. The highest BCUT2D eigenvalue weighted by Crippen LogP contribution is 2.15. The Hall–Kier alpha value is -0.780. The van der Waals surface area contributed by atoms with E-state index in [0.29, 0.717) is 10.8 Å². The summed E-state index contributed by atoms with van der Waals surface area (Å²) in [6, 6.07) is 7.06. The molecule has 6 heteroatoms. The van der Waals surface area contributed by atoms with Crippen LogP contribution in [0.15, 0.2) is 24.3 Å². The van der Waals surface area contributed by atoms with Gasteiger partial charge in [0.25, 0.3) is 5.91 Å². The molecule has 0 atom stereocenters. The Morgan fingerprint density at radius 1 is 1.19 bits per heavy atom. The topological polar surface area (TPSA) is 32.8 Å². The second-order valence-corrected chi connectivity index (χ2v) is 6.24. The van der Waals surface area contributed by atoms with Gasteiger partial charge in [0.2, 0.25) is 0 Å². The lowest BCUT2D eigenvalue weighted by atomic mass is 10.3. The summed E-state index contributed by atoms with van der Waals surface area (Å²) in [5.41, 5.74) is 0. The van der Waals surface area contributed by atoms with Crippen molar-refractivity contribution in [2.45, 2.75) is 6.42 Å². The van der Waals surface area contributed by atoms with Crippen LogP contribution in [0.5, 0.6) is 5.75 Å². The molecule has 0 bridgehead atoms. The van der Waals surface area contributed by atoms with Crippen LogP contribution in [0.4, 0.5) is 0 Å². The summed E-state index contributed by atoms with van der Waals surface area (Å²) in [5, 5.41) is 1.63. The fourth-order valence-corrected chi connectivity index (χ4v) is 2.96. The van der Waals surface area contributed by atoms with Crippen molar-refractivity contribution in [3.8, 4) is 5.75 Å². The van der Waals surface area contributed by atoms with Crippen molar-refractivity contribution < 1.29 is 9.53 Å². The van der Waals surface area contributed by atoms with Crippen molar-refractivity contribution in [2.75, 3.05) is 44.7 Å². The Morgan fingerprint density at radius 3 is 2.67 bits per heavy atom. The van der Waals surface area contributed by atoms with Gasteiger partial charge in [0.1, 0.15) is 5.75 Å². The van der Waals surface area contributed by atoms with E-state index in [2.05, 4.69) is 20.8 Å². The number of hydrogen-bond acceptors (Lipinski definition) is 3. The van der Waals surface area contributed by atoms with Gasteiger partial charge in [-0.05, 0) is 37.2 Å². The number of halogens is 2. The molecule has 1 heterocycles. The maximum Gasteiger partial charge on any atom is 0.260 e. The molecule has 116 valence electrons. The maximum absolute atomic E-state index is 12.2. The third-order valence-corrected chi connectivity index (χ3v) is 4.12. The van der Waals surface area contributed by atoms with E-state index in [9.17, 15) is 4.79 Å². The number of rotatable bonds is 5. The minimum atomic E-state index is 0.0469. The molecule has 4 nitrogen and oxygen atoms in total. The number of nitrogens with zero attached hydrogens (tertiary/aromatic N) is 2. The lowest BCUT2D eigenvalue weighted by molar-refractivity contribution is -0.133. The van der Waals surface area contributed by atoms with E-state index in [0.717, 1.165) is 44.5 Å². The number of carbonyl (C=O) groups excluding carboxylic acids is 1. The fraction of sp³-hybridized carbons (Fsp3) is 0.533. The van der Waals surface area contributed by atoms with Crippen LogP contribution < -0.4 is 4.74 Å². The van der Waals surface area contributed by atoms with Crippen molar-refractivity contribution >= 4 is 33.4 Å². The first-order chi connectivity index (χ1) is 10.2. The number of hydrogen-bond donors (Lipinski definition) is 0. The number of amides is 1. The molecule has 0 spiro atoms. The molecular formula is C15H20BrClN2O2. The first-order valence-corrected chi connectivity index (χ1v) is 8.63. The van der Waals surface area contributed by atoms with Gasteiger partial charge in [0, 0.05) is 36.5 Å². The zero-order chi connectivity index (χ0) is 15.1. The molecule has 21 heavy (non-hydrogen) atoms. The minimum absolute atomic E-state index is 0.0469. The molecule has 0 unspecified atom stereocenters. The standard InChI is InChI=1S/C15H20BrClN2O2/c16-6-9-18-7-1-8-19(11-10-18)15(20)12-21-14-4-2-13(17)3-5-14/h2-5H,1,6-12H2. The molecule has 1 saturated heterocycles. The van der Waals surface area contributed by atoms with Gasteiger partial charge in [-0.15, -0.1) is 0 Å². The van der Waals surface area contributed by atoms with E-state index < -0.39 is 0 Å². The third kappa shape index (κ3) is 5.49. The second-order valence-electron chi connectivity index (χ2n) is 5.01. The molecule has 0 radical (unpaired) electrons.